The summed E-state index contributed by atoms with van der Waals surface area (Å²) in [7, 11) is -1.64. The van der Waals surface area contributed by atoms with Gasteiger partial charge in [-0.1, -0.05) is 33.1 Å². The smallest absolute Gasteiger partial charge is 0.282 e. The molecular weight excluding hydrogens is 362 g/mol. The van der Waals surface area contributed by atoms with Crippen molar-refractivity contribution < 1.29 is 8.42 Å². The van der Waals surface area contributed by atoms with Gasteiger partial charge in [-0.25, -0.2) is 9.97 Å². The van der Waals surface area contributed by atoms with Crippen molar-refractivity contribution >= 4 is 16.0 Å². The highest BCUT2D eigenvalue weighted by atomic mass is 32.2. The predicted octanol–water partition coefficient (Wildman–Crippen LogP) is 2.54. The molecule has 0 spiro atoms. The van der Waals surface area contributed by atoms with Gasteiger partial charge in [0.15, 0.2) is 0 Å². The van der Waals surface area contributed by atoms with Crippen LogP contribution in [0.25, 0.3) is 0 Å². The number of piperazine rings is 1. The van der Waals surface area contributed by atoms with Crippen molar-refractivity contribution in [3.63, 3.8) is 0 Å². The Hall–Kier alpha value is -1.25. The molecule has 0 aromatic carbocycles. The van der Waals surface area contributed by atoms with Gasteiger partial charge in [0.1, 0.15) is 11.6 Å². The van der Waals surface area contributed by atoms with E-state index in [2.05, 4.69) is 28.7 Å². The van der Waals surface area contributed by atoms with E-state index in [9.17, 15) is 8.42 Å². The van der Waals surface area contributed by atoms with Crippen molar-refractivity contribution in [2.24, 2.45) is 0 Å². The van der Waals surface area contributed by atoms with Crippen LogP contribution in [-0.2, 0) is 10.2 Å². The molecule has 1 aromatic heterocycles. The number of anilines is 1. The summed E-state index contributed by atoms with van der Waals surface area (Å²) in [6.45, 7) is 8.47. The lowest BCUT2D eigenvalue weighted by Crippen LogP contribution is -2.54. The highest BCUT2D eigenvalue weighted by Crippen LogP contribution is 2.26. The molecule has 3 rings (SSSR count). The van der Waals surface area contributed by atoms with Crippen LogP contribution in [0.1, 0.15) is 63.4 Å². The van der Waals surface area contributed by atoms with Gasteiger partial charge in [0.2, 0.25) is 0 Å². The molecule has 2 aliphatic rings. The van der Waals surface area contributed by atoms with Gasteiger partial charge < -0.3 is 4.90 Å². The Labute approximate surface area is 164 Å². The second kappa shape index (κ2) is 8.41. The topological polar surface area (TPSA) is 69.6 Å². The molecule has 0 amide bonds. The van der Waals surface area contributed by atoms with Crippen molar-refractivity contribution in [3.05, 3.63) is 17.6 Å². The van der Waals surface area contributed by atoms with Crippen molar-refractivity contribution in [2.75, 3.05) is 38.1 Å². The minimum atomic E-state index is -3.39. The molecule has 152 valence electrons. The highest BCUT2D eigenvalue weighted by molar-refractivity contribution is 7.86. The number of hydrogen-bond acceptors (Lipinski definition) is 5. The molecule has 1 saturated carbocycles. The van der Waals surface area contributed by atoms with E-state index in [-0.39, 0.29) is 12.0 Å². The molecule has 0 N–H and O–H groups in total. The lowest BCUT2D eigenvalue weighted by atomic mass is 9.96. The Morgan fingerprint density at radius 2 is 1.70 bits per heavy atom. The van der Waals surface area contributed by atoms with Gasteiger partial charge in [0.25, 0.3) is 10.2 Å². The molecule has 1 aliphatic heterocycles. The zero-order valence-corrected chi connectivity index (χ0v) is 17.9. The minimum absolute atomic E-state index is 0.153. The van der Waals surface area contributed by atoms with Crippen LogP contribution in [0.15, 0.2) is 6.07 Å². The Kier molecular flexibility index (Phi) is 6.38. The number of rotatable bonds is 5. The number of aromatic nitrogens is 2. The van der Waals surface area contributed by atoms with Crippen LogP contribution in [-0.4, -0.2) is 66.3 Å². The Morgan fingerprint density at radius 1 is 1.07 bits per heavy atom. The largest absolute Gasteiger partial charge is 0.354 e. The second-order valence-corrected chi connectivity index (χ2v) is 10.1. The Morgan fingerprint density at radius 3 is 2.30 bits per heavy atom. The molecule has 2 fully saturated rings. The molecule has 1 saturated heterocycles. The summed E-state index contributed by atoms with van der Waals surface area (Å²) < 4.78 is 29.3. The molecule has 1 aromatic rings. The van der Waals surface area contributed by atoms with Crippen LogP contribution in [0, 0.1) is 6.92 Å². The van der Waals surface area contributed by atoms with Gasteiger partial charge in [-0.3, -0.25) is 0 Å². The first kappa shape index (κ1) is 20.5. The van der Waals surface area contributed by atoms with Gasteiger partial charge in [-0.05, 0) is 19.8 Å². The molecular formula is C19H33N5O2S. The van der Waals surface area contributed by atoms with Crippen LogP contribution in [0.2, 0.25) is 0 Å². The maximum Gasteiger partial charge on any atom is 0.282 e. The van der Waals surface area contributed by atoms with Gasteiger partial charge >= 0.3 is 0 Å². The van der Waals surface area contributed by atoms with E-state index in [0.29, 0.717) is 26.2 Å². The van der Waals surface area contributed by atoms with Crippen LogP contribution < -0.4 is 4.90 Å². The third kappa shape index (κ3) is 4.60. The zero-order chi connectivity index (χ0) is 19.6. The van der Waals surface area contributed by atoms with E-state index in [1.807, 2.05) is 13.0 Å². The summed E-state index contributed by atoms with van der Waals surface area (Å²) in [5.74, 6) is 2.02. The molecule has 7 nitrogen and oxygen atoms in total. The summed E-state index contributed by atoms with van der Waals surface area (Å²) in [5.41, 5.74) is 0.954. The second-order valence-electron chi connectivity index (χ2n) is 8.08. The van der Waals surface area contributed by atoms with Crippen molar-refractivity contribution in [1.29, 1.82) is 0 Å². The third-order valence-electron chi connectivity index (χ3n) is 5.72. The molecule has 0 atom stereocenters. The molecule has 2 heterocycles. The molecule has 1 aliphatic carbocycles. The van der Waals surface area contributed by atoms with Crippen LogP contribution >= 0.6 is 0 Å². The van der Waals surface area contributed by atoms with E-state index in [1.165, 1.54) is 6.42 Å². The maximum atomic E-state index is 13.0. The zero-order valence-electron chi connectivity index (χ0n) is 17.1. The molecule has 0 bridgehead atoms. The lowest BCUT2D eigenvalue weighted by molar-refractivity contribution is 0.259. The van der Waals surface area contributed by atoms with Crippen molar-refractivity contribution in [3.8, 4) is 0 Å². The van der Waals surface area contributed by atoms with Crippen LogP contribution in [0.3, 0.4) is 0 Å². The summed E-state index contributed by atoms with van der Waals surface area (Å²) in [6, 6.07) is 2.14. The van der Waals surface area contributed by atoms with Crippen molar-refractivity contribution in [1.82, 2.24) is 18.6 Å². The monoisotopic (exact) mass is 395 g/mol. The average molecular weight is 396 g/mol. The molecule has 0 radical (unpaired) electrons. The fourth-order valence-corrected chi connectivity index (χ4v) is 5.53. The van der Waals surface area contributed by atoms with Gasteiger partial charge in [0, 0.05) is 56.9 Å². The van der Waals surface area contributed by atoms with E-state index in [4.69, 9.17) is 0 Å². The Balaban J connectivity index is 1.66. The molecule has 0 unspecified atom stereocenters. The van der Waals surface area contributed by atoms with Gasteiger partial charge in [-0.2, -0.15) is 17.0 Å². The number of nitrogens with zero attached hydrogens (tertiary/aromatic N) is 5. The normalized spacial score (nSPS) is 20.6. The third-order valence-corrected chi connectivity index (χ3v) is 7.76. The fourth-order valence-electron chi connectivity index (χ4n) is 3.96. The van der Waals surface area contributed by atoms with E-state index in [0.717, 1.165) is 43.0 Å². The van der Waals surface area contributed by atoms with E-state index < -0.39 is 10.2 Å². The number of hydrogen-bond donors (Lipinski definition) is 0. The maximum absolute atomic E-state index is 13.0. The first-order valence-corrected chi connectivity index (χ1v) is 11.5. The van der Waals surface area contributed by atoms with Crippen molar-refractivity contribution in [2.45, 2.75) is 64.8 Å². The summed E-state index contributed by atoms with van der Waals surface area (Å²) in [6.07, 6.45) is 5.44. The van der Waals surface area contributed by atoms with Gasteiger partial charge in [-0.15, -0.1) is 0 Å². The van der Waals surface area contributed by atoms with E-state index in [1.54, 1.807) is 15.7 Å². The SMILES string of the molecule is Cc1cc(N2CCN(S(=O)(=O)N(C)C3CCCCC3)CC2)nc(C(C)C)n1. The predicted molar refractivity (Wildman–Crippen MR) is 108 cm³/mol. The van der Waals surface area contributed by atoms with E-state index >= 15 is 0 Å². The first-order chi connectivity index (χ1) is 12.8. The summed E-state index contributed by atoms with van der Waals surface area (Å²) in [5, 5.41) is 0. The average Bonchev–Trinajstić information content (AvgIpc) is 2.67. The quantitative estimate of drug-likeness (QED) is 0.766. The van der Waals surface area contributed by atoms with Crippen LogP contribution in [0.5, 0.6) is 0 Å². The standard InChI is InChI=1S/C19H33N5O2S/c1-15(2)19-20-16(3)14-18(21-19)23-10-12-24(13-11-23)27(25,26)22(4)17-8-6-5-7-9-17/h14-15,17H,5-13H2,1-4H3. The summed E-state index contributed by atoms with van der Waals surface area (Å²) >= 11 is 0. The first-order valence-electron chi connectivity index (χ1n) is 10.1. The highest BCUT2D eigenvalue weighted by Gasteiger charge is 2.34. The van der Waals surface area contributed by atoms with Crippen LogP contribution in [0.4, 0.5) is 5.82 Å². The number of aryl methyl sites for hydroxylation is 1. The minimum Gasteiger partial charge on any atom is -0.354 e. The summed E-state index contributed by atoms with van der Waals surface area (Å²) in [4.78, 5) is 11.4. The molecule has 8 heteroatoms. The molecule has 27 heavy (non-hydrogen) atoms. The van der Waals surface area contributed by atoms with Gasteiger partial charge in [0.05, 0.1) is 0 Å². The fraction of sp³-hybridized carbons (Fsp3) is 0.789. The lowest BCUT2D eigenvalue weighted by Gasteiger charge is -2.39. The Bertz CT molecular complexity index is 738.